The van der Waals surface area contributed by atoms with E-state index in [0.717, 1.165) is 29.7 Å². The molecule has 0 aliphatic carbocycles. The molecule has 7 heteroatoms. The second kappa shape index (κ2) is 12.5. The summed E-state index contributed by atoms with van der Waals surface area (Å²) >= 11 is 1.73. The van der Waals surface area contributed by atoms with Gasteiger partial charge in [0.15, 0.2) is 0 Å². The van der Waals surface area contributed by atoms with E-state index < -0.39 is 0 Å². The molecular weight excluding hydrogens is 496 g/mol. The van der Waals surface area contributed by atoms with E-state index in [4.69, 9.17) is 9.47 Å². The average Bonchev–Trinajstić information content (AvgIpc) is 3.41. The Morgan fingerprint density at radius 1 is 1.16 bits per heavy atom. The number of nitrogens with zero attached hydrogens (tertiary/aromatic N) is 2. The Labute approximate surface area is 230 Å². The van der Waals surface area contributed by atoms with E-state index in [1.54, 1.807) is 41.5 Å². The van der Waals surface area contributed by atoms with E-state index in [1.807, 2.05) is 30.0 Å². The summed E-state index contributed by atoms with van der Waals surface area (Å²) in [6.07, 6.45) is 1.73. The van der Waals surface area contributed by atoms with Crippen molar-refractivity contribution < 1.29 is 19.1 Å². The Morgan fingerprint density at radius 2 is 1.97 bits per heavy atom. The molecular formula is C31H38N2O4S. The summed E-state index contributed by atoms with van der Waals surface area (Å²) in [6, 6.07) is 15.2. The molecule has 3 aromatic rings. The molecule has 1 aliphatic rings. The topological polar surface area (TPSA) is 59.1 Å². The molecule has 6 nitrogen and oxygen atoms in total. The minimum absolute atomic E-state index is 0.0277. The van der Waals surface area contributed by atoms with Crippen LogP contribution in [-0.2, 0) is 11.2 Å². The number of hydrogen-bond acceptors (Lipinski definition) is 5. The van der Waals surface area contributed by atoms with E-state index >= 15 is 0 Å². The number of carbonyl (C=O) groups is 2. The molecule has 0 spiro atoms. The van der Waals surface area contributed by atoms with Gasteiger partial charge in [-0.3, -0.25) is 9.59 Å². The van der Waals surface area contributed by atoms with Crippen LogP contribution in [0.3, 0.4) is 0 Å². The lowest BCUT2D eigenvalue weighted by molar-refractivity contribution is -0.135. The second-order valence-electron chi connectivity index (χ2n) is 10.2. The van der Waals surface area contributed by atoms with E-state index in [2.05, 4.69) is 38.3 Å². The van der Waals surface area contributed by atoms with Crippen molar-refractivity contribution in [2.24, 2.45) is 5.92 Å². The number of ether oxygens (including phenoxy) is 2. The summed E-state index contributed by atoms with van der Waals surface area (Å²) in [5.74, 6) is 1.50. The molecule has 2 amide bonds. The van der Waals surface area contributed by atoms with Crippen LogP contribution in [-0.4, -0.2) is 55.0 Å². The van der Waals surface area contributed by atoms with Crippen molar-refractivity contribution in [1.29, 1.82) is 0 Å². The van der Waals surface area contributed by atoms with Gasteiger partial charge in [-0.25, -0.2) is 0 Å². The number of thiophene rings is 1. The van der Waals surface area contributed by atoms with Crippen molar-refractivity contribution in [3.05, 3.63) is 81.0 Å². The highest BCUT2D eigenvalue weighted by atomic mass is 32.1. The van der Waals surface area contributed by atoms with Gasteiger partial charge in [0.25, 0.3) is 5.91 Å². The quantitative estimate of drug-likeness (QED) is 0.317. The molecule has 2 heterocycles. The molecule has 0 bridgehead atoms. The molecule has 0 saturated heterocycles. The van der Waals surface area contributed by atoms with Crippen molar-refractivity contribution in [3.8, 4) is 11.5 Å². The van der Waals surface area contributed by atoms with Crippen molar-refractivity contribution in [2.45, 2.75) is 46.6 Å². The summed E-state index contributed by atoms with van der Waals surface area (Å²) < 4.78 is 11.6. The van der Waals surface area contributed by atoms with E-state index in [0.29, 0.717) is 31.0 Å². The smallest absolute Gasteiger partial charge is 0.254 e. The Bertz CT molecular complexity index is 1270. The van der Waals surface area contributed by atoms with E-state index in [-0.39, 0.29) is 30.3 Å². The van der Waals surface area contributed by atoms with Gasteiger partial charge in [0, 0.05) is 23.5 Å². The first-order chi connectivity index (χ1) is 18.3. The number of fused-ring (bicyclic) bond motifs is 1. The fraction of sp³-hybridized carbons (Fsp3) is 0.419. The summed E-state index contributed by atoms with van der Waals surface area (Å²) in [6.45, 7) is 9.83. The second-order valence-corrected chi connectivity index (χ2v) is 11.2. The number of rotatable bonds is 10. The first-order valence-electron chi connectivity index (χ1n) is 13.3. The number of hydrogen-bond donors (Lipinski definition) is 0. The summed E-state index contributed by atoms with van der Waals surface area (Å²) in [7, 11) is 1.58. The van der Waals surface area contributed by atoms with Crippen LogP contribution < -0.4 is 9.47 Å². The number of amides is 2. The maximum Gasteiger partial charge on any atom is 0.254 e. The minimum Gasteiger partial charge on any atom is -0.497 e. The van der Waals surface area contributed by atoms with Crippen LogP contribution >= 0.6 is 11.3 Å². The lowest BCUT2D eigenvalue weighted by Crippen LogP contribution is -2.48. The van der Waals surface area contributed by atoms with Crippen LogP contribution in [0, 0.1) is 19.8 Å². The van der Waals surface area contributed by atoms with Crippen LogP contribution in [0.4, 0.5) is 0 Å². The standard InChI is InChI=1S/C31H38N2O4S/c1-6-21(2)18-32(31(35)24-8-7-9-25(17-24)36-5)19-30(34)33-14-12-29-26(13-15-38-29)27(33)20-37-28-11-10-22(3)16-23(28)4/h7-11,13,15-17,21,27H,6,12,14,18-20H2,1-5H3/t21-,27-/m0/s1. The molecule has 0 unspecified atom stereocenters. The summed E-state index contributed by atoms with van der Waals surface area (Å²) in [4.78, 5) is 32.3. The Balaban J connectivity index is 1.56. The zero-order valence-corrected chi connectivity index (χ0v) is 23.8. The zero-order valence-electron chi connectivity index (χ0n) is 23.0. The van der Waals surface area contributed by atoms with Gasteiger partial charge in [0.2, 0.25) is 5.91 Å². The van der Waals surface area contributed by atoms with E-state index in [1.165, 1.54) is 10.4 Å². The fourth-order valence-electron chi connectivity index (χ4n) is 4.92. The monoisotopic (exact) mass is 534 g/mol. The van der Waals surface area contributed by atoms with Crippen molar-refractivity contribution in [1.82, 2.24) is 9.80 Å². The number of benzene rings is 2. The van der Waals surface area contributed by atoms with Crippen LogP contribution in [0.1, 0.15) is 58.2 Å². The van der Waals surface area contributed by atoms with Crippen molar-refractivity contribution >= 4 is 23.2 Å². The van der Waals surface area contributed by atoms with Gasteiger partial charge in [-0.1, -0.05) is 44.0 Å². The molecule has 2 aromatic carbocycles. The highest BCUT2D eigenvalue weighted by Crippen LogP contribution is 2.34. The maximum atomic E-state index is 13.9. The molecule has 0 saturated carbocycles. The van der Waals surface area contributed by atoms with Crippen LogP contribution in [0.5, 0.6) is 11.5 Å². The third kappa shape index (κ3) is 6.38. The molecule has 0 N–H and O–H groups in total. The Hall–Kier alpha value is -3.32. The predicted octanol–water partition coefficient (Wildman–Crippen LogP) is 6.07. The Kier molecular flexibility index (Phi) is 9.10. The molecule has 4 rings (SSSR count). The number of aryl methyl sites for hydroxylation is 2. The molecule has 1 aliphatic heterocycles. The first-order valence-corrected chi connectivity index (χ1v) is 14.2. The van der Waals surface area contributed by atoms with Gasteiger partial charge in [0.05, 0.1) is 13.2 Å². The van der Waals surface area contributed by atoms with Gasteiger partial charge in [0.1, 0.15) is 24.7 Å². The van der Waals surface area contributed by atoms with Gasteiger partial charge in [-0.05, 0) is 73.0 Å². The minimum atomic E-state index is -0.199. The third-order valence-electron chi connectivity index (χ3n) is 7.30. The van der Waals surface area contributed by atoms with Crippen LogP contribution in [0.25, 0.3) is 0 Å². The fourth-order valence-corrected chi connectivity index (χ4v) is 5.85. The zero-order chi connectivity index (χ0) is 27.2. The van der Waals surface area contributed by atoms with Crippen LogP contribution in [0.2, 0.25) is 0 Å². The number of carbonyl (C=O) groups excluding carboxylic acids is 2. The first kappa shape index (κ1) is 27.7. The highest BCUT2D eigenvalue weighted by molar-refractivity contribution is 7.10. The number of methoxy groups -OCH3 is 1. The van der Waals surface area contributed by atoms with Gasteiger partial charge in [-0.2, -0.15) is 0 Å². The largest absolute Gasteiger partial charge is 0.497 e. The maximum absolute atomic E-state index is 13.9. The summed E-state index contributed by atoms with van der Waals surface area (Å²) in [5.41, 5.74) is 3.93. The van der Waals surface area contributed by atoms with Gasteiger partial charge >= 0.3 is 0 Å². The average molecular weight is 535 g/mol. The van der Waals surface area contributed by atoms with Crippen molar-refractivity contribution in [3.63, 3.8) is 0 Å². The Morgan fingerprint density at radius 3 is 2.71 bits per heavy atom. The van der Waals surface area contributed by atoms with Crippen LogP contribution in [0.15, 0.2) is 53.9 Å². The third-order valence-corrected chi connectivity index (χ3v) is 8.30. The molecule has 202 valence electrons. The van der Waals surface area contributed by atoms with Gasteiger partial charge in [-0.15, -0.1) is 11.3 Å². The predicted molar refractivity (Wildman–Crippen MR) is 152 cm³/mol. The summed E-state index contributed by atoms with van der Waals surface area (Å²) in [5, 5.41) is 2.09. The highest BCUT2D eigenvalue weighted by Gasteiger charge is 2.34. The lowest BCUT2D eigenvalue weighted by Gasteiger charge is -2.37. The van der Waals surface area contributed by atoms with Gasteiger partial charge < -0.3 is 19.3 Å². The molecule has 2 atom stereocenters. The molecule has 0 fully saturated rings. The SMILES string of the molecule is CC[C@H](C)CN(CC(=O)N1CCc2sccc2[C@@H]1COc1ccc(C)cc1C)C(=O)c1cccc(OC)c1. The lowest BCUT2D eigenvalue weighted by atomic mass is 10.00. The molecule has 0 radical (unpaired) electrons. The normalized spacial score (nSPS) is 15.5. The molecule has 1 aromatic heterocycles. The van der Waals surface area contributed by atoms with E-state index in [9.17, 15) is 9.59 Å². The molecule has 38 heavy (non-hydrogen) atoms. The van der Waals surface area contributed by atoms with Crippen molar-refractivity contribution in [2.75, 3.05) is 33.4 Å².